The first kappa shape index (κ1) is 19.6. The standard InChI is InChI=1S/C22H26N4O2S/c1-13-6-5-9-26(11-13)20-19-18(15(3)29-22(19)24-12-23-20)21(27)25-17-8-7-16(28-4)10-14(17)2/h7-8,10,12-13H,5-6,9,11H2,1-4H3,(H,25,27)/t13-/m1/s1. The van der Waals surface area contributed by atoms with Crippen LogP contribution in [0.2, 0.25) is 0 Å². The molecule has 1 fully saturated rings. The monoisotopic (exact) mass is 410 g/mol. The highest BCUT2D eigenvalue weighted by Gasteiger charge is 2.26. The summed E-state index contributed by atoms with van der Waals surface area (Å²) in [5.41, 5.74) is 2.41. The van der Waals surface area contributed by atoms with E-state index in [1.807, 2.05) is 32.0 Å². The Bertz CT molecular complexity index is 1060. The minimum atomic E-state index is -0.122. The van der Waals surface area contributed by atoms with Crippen molar-refractivity contribution < 1.29 is 9.53 Å². The van der Waals surface area contributed by atoms with Crippen molar-refractivity contribution in [3.63, 3.8) is 0 Å². The molecular formula is C22H26N4O2S. The van der Waals surface area contributed by atoms with Crippen LogP contribution in [0.4, 0.5) is 11.5 Å². The number of methoxy groups -OCH3 is 1. The van der Waals surface area contributed by atoms with E-state index in [0.29, 0.717) is 11.5 Å². The number of carbonyl (C=O) groups excluding carboxylic acids is 1. The van der Waals surface area contributed by atoms with Gasteiger partial charge in [0.2, 0.25) is 0 Å². The molecular weight excluding hydrogens is 384 g/mol. The Kier molecular flexibility index (Phi) is 5.41. The van der Waals surface area contributed by atoms with Gasteiger partial charge in [0.15, 0.2) is 0 Å². The number of benzene rings is 1. The van der Waals surface area contributed by atoms with Gasteiger partial charge < -0.3 is 15.0 Å². The number of amides is 1. The summed E-state index contributed by atoms with van der Waals surface area (Å²) in [7, 11) is 1.64. The maximum absolute atomic E-state index is 13.3. The molecule has 2 aromatic heterocycles. The molecule has 152 valence electrons. The van der Waals surface area contributed by atoms with Gasteiger partial charge in [0.25, 0.3) is 5.91 Å². The number of hydrogen-bond acceptors (Lipinski definition) is 6. The molecule has 1 atom stereocenters. The molecule has 0 aliphatic carbocycles. The van der Waals surface area contributed by atoms with Crippen LogP contribution in [0.5, 0.6) is 5.75 Å². The van der Waals surface area contributed by atoms with Gasteiger partial charge in [0, 0.05) is 23.7 Å². The number of anilines is 2. The van der Waals surface area contributed by atoms with Crippen LogP contribution in [-0.4, -0.2) is 36.1 Å². The molecule has 1 aliphatic heterocycles. The van der Waals surface area contributed by atoms with Crippen LogP contribution in [0.3, 0.4) is 0 Å². The summed E-state index contributed by atoms with van der Waals surface area (Å²) < 4.78 is 5.26. The Labute approximate surface area is 174 Å². The molecule has 0 saturated carbocycles. The van der Waals surface area contributed by atoms with Gasteiger partial charge in [0.1, 0.15) is 22.7 Å². The number of rotatable bonds is 4. The largest absolute Gasteiger partial charge is 0.497 e. The Balaban J connectivity index is 1.73. The number of carbonyl (C=O) groups is 1. The van der Waals surface area contributed by atoms with Crippen LogP contribution in [0, 0.1) is 19.8 Å². The van der Waals surface area contributed by atoms with Crippen molar-refractivity contribution >= 4 is 39.0 Å². The lowest BCUT2D eigenvalue weighted by molar-refractivity contribution is 0.102. The molecule has 1 aromatic carbocycles. The number of fused-ring (bicyclic) bond motifs is 1. The van der Waals surface area contributed by atoms with Crippen LogP contribution < -0.4 is 15.0 Å². The predicted molar refractivity (Wildman–Crippen MR) is 118 cm³/mol. The molecule has 1 amide bonds. The summed E-state index contributed by atoms with van der Waals surface area (Å²) in [4.78, 5) is 26.5. The van der Waals surface area contributed by atoms with Gasteiger partial charge in [-0.25, -0.2) is 9.97 Å². The molecule has 0 bridgehead atoms. The fraction of sp³-hybridized carbons (Fsp3) is 0.409. The summed E-state index contributed by atoms with van der Waals surface area (Å²) in [5, 5.41) is 3.94. The summed E-state index contributed by atoms with van der Waals surface area (Å²) in [5.74, 6) is 2.14. The number of aryl methyl sites for hydroxylation is 2. The topological polar surface area (TPSA) is 67.3 Å². The van der Waals surface area contributed by atoms with Gasteiger partial charge in [-0.1, -0.05) is 6.92 Å². The predicted octanol–water partition coefficient (Wildman–Crippen LogP) is 4.81. The van der Waals surface area contributed by atoms with E-state index in [2.05, 4.69) is 27.1 Å². The van der Waals surface area contributed by atoms with E-state index in [1.54, 1.807) is 24.8 Å². The molecule has 1 N–H and O–H groups in total. The Morgan fingerprint density at radius 3 is 2.86 bits per heavy atom. The number of ether oxygens (including phenoxy) is 1. The van der Waals surface area contributed by atoms with Crippen molar-refractivity contribution in [1.82, 2.24) is 9.97 Å². The van der Waals surface area contributed by atoms with Crippen LogP contribution >= 0.6 is 11.3 Å². The van der Waals surface area contributed by atoms with Gasteiger partial charge in [-0.05, 0) is 56.4 Å². The third-order valence-corrected chi connectivity index (χ3v) is 6.52. The lowest BCUT2D eigenvalue weighted by Gasteiger charge is -2.32. The summed E-state index contributed by atoms with van der Waals surface area (Å²) in [6.07, 6.45) is 3.99. The molecule has 0 spiro atoms. The van der Waals surface area contributed by atoms with Crippen LogP contribution in [0.15, 0.2) is 24.5 Å². The number of piperidine rings is 1. The number of aromatic nitrogens is 2. The Hall–Kier alpha value is -2.67. The number of thiophene rings is 1. The smallest absolute Gasteiger partial charge is 0.257 e. The second-order valence-electron chi connectivity index (χ2n) is 7.74. The lowest BCUT2D eigenvalue weighted by Crippen LogP contribution is -2.35. The van der Waals surface area contributed by atoms with Crippen molar-refractivity contribution in [2.24, 2.45) is 5.92 Å². The maximum atomic E-state index is 13.3. The summed E-state index contributed by atoms with van der Waals surface area (Å²) in [6.45, 7) is 8.12. The van der Waals surface area contributed by atoms with Crippen molar-refractivity contribution in [2.75, 3.05) is 30.4 Å². The van der Waals surface area contributed by atoms with Crippen molar-refractivity contribution in [2.45, 2.75) is 33.6 Å². The molecule has 0 unspecified atom stereocenters. The van der Waals surface area contributed by atoms with E-state index in [4.69, 9.17) is 4.74 Å². The summed E-state index contributed by atoms with van der Waals surface area (Å²) >= 11 is 1.55. The third kappa shape index (κ3) is 3.79. The zero-order chi connectivity index (χ0) is 20.5. The first-order valence-electron chi connectivity index (χ1n) is 9.93. The second-order valence-corrected chi connectivity index (χ2v) is 8.94. The van der Waals surface area contributed by atoms with Crippen LogP contribution in [-0.2, 0) is 0 Å². The van der Waals surface area contributed by atoms with E-state index in [9.17, 15) is 4.79 Å². The normalized spacial score (nSPS) is 16.8. The highest BCUT2D eigenvalue weighted by atomic mass is 32.1. The van der Waals surface area contributed by atoms with Crippen molar-refractivity contribution in [3.05, 3.63) is 40.5 Å². The molecule has 6 nitrogen and oxygen atoms in total. The van der Waals surface area contributed by atoms with Gasteiger partial charge in [-0.2, -0.15) is 0 Å². The van der Waals surface area contributed by atoms with Gasteiger partial charge in [0.05, 0.1) is 18.1 Å². The van der Waals surface area contributed by atoms with Gasteiger partial charge >= 0.3 is 0 Å². The minimum absolute atomic E-state index is 0.122. The first-order valence-corrected chi connectivity index (χ1v) is 10.7. The maximum Gasteiger partial charge on any atom is 0.257 e. The van der Waals surface area contributed by atoms with E-state index in [0.717, 1.165) is 57.4 Å². The van der Waals surface area contributed by atoms with Gasteiger partial charge in [-0.15, -0.1) is 11.3 Å². The fourth-order valence-electron chi connectivity index (χ4n) is 4.01. The molecule has 7 heteroatoms. The molecule has 29 heavy (non-hydrogen) atoms. The molecule has 0 radical (unpaired) electrons. The molecule has 1 saturated heterocycles. The zero-order valence-corrected chi connectivity index (χ0v) is 18.1. The molecule has 4 rings (SSSR count). The lowest BCUT2D eigenvalue weighted by atomic mass is 10.00. The van der Waals surface area contributed by atoms with E-state index in [-0.39, 0.29) is 5.91 Å². The fourth-order valence-corrected chi connectivity index (χ4v) is 4.99. The van der Waals surface area contributed by atoms with Crippen molar-refractivity contribution in [3.8, 4) is 5.75 Å². The Morgan fingerprint density at radius 2 is 2.14 bits per heavy atom. The molecule has 1 aliphatic rings. The number of hydrogen-bond donors (Lipinski definition) is 1. The van der Waals surface area contributed by atoms with E-state index >= 15 is 0 Å². The highest BCUT2D eigenvalue weighted by Crippen LogP contribution is 2.37. The first-order chi connectivity index (χ1) is 14.0. The minimum Gasteiger partial charge on any atom is -0.497 e. The van der Waals surface area contributed by atoms with Gasteiger partial charge in [-0.3, -0.25) is 4.79 Å². The molecule has 3 aromatic rings. The molecule has 3 heterocycles. The third-order valence-electron chi connectivity index (χ3n) is 5.51. The number of nitrogens with one attached hydrogen (secondary N) is 1. The summed E-state index contributed by atoms with van der Waals surface area (Å²) in [6, 6.07) is 5.64. The average Bonchev–Trinajstić information content (AvgIpc) is 3.05. The van der Waals surface area contributed by atoms with Crippen LogP contribution in [0.1, 0.15) is 40.6 Å². The van der Waals surface area contributed by atoms with E-state index in [1.165, 1.54) is 6.42 Å². The number of nitrogens with zero attached hydrogens (tertiary/aromatic N) is 3. The zero-order valence-electron chi connectivity index (χ0n) is 17.3. The highest BCUT2D eigenvalue weighted by molar-refractivity contribution is 7.19. The average molecular weight is 411 g/mol. The quantitative estimate of drug-likeness (QED) is 0.669. The Morgan fingerprint density at radius 1 is 1.31 bits per heavy atom. The second kappa shape index (κ2) is 7.99. The van der Waals surface area contributed by atoms with Crippen LogP contribution in [0.25, 0.3) is 10.2 Å². The van der Waals surface area contributed by atoms with E-state index < -0.39 is 0 Å². The van der Waals surface area contributed by atoms with Crippen molar-refractivity contribution in [1.29, 1.82) is 0 Å². The SMILES string of the molecule is COc1ccc(NC(=O)c2c(C)sc3ncnc(N4CCC[C@@H](C)C4)c23)c(C)c1.